The van der Waals surface area contributed by atoms with Crippen molar-refractivity contribution >= 4 is 32.9 Å². The number of anilines is 1. The number of Topliss-reactive ketones (excluding diaryl/α,β-unsaturated/α-hetero) is 1. The fourth-order valence-electron chi connectivity index (χ4n) is 1.14. The lowest BCUT2D eigenvalue weighted by molar-refractivity contribution is 0.0992. The molecule has 88 valence electrons. The number of halogens is 1. The number of hydrogen-bond acceptors (Lipinski definition) is 4. The summed E-state index contributed by atoms with van der Waals surface area (Å²) in [7, 11) is -3.42. The van der Waals surface area contributed by atoms with Crippen LogP contribution < -0.4 is 5.73 Å². The van der Waals surface area contributed by atoms with Crippen LogP contribution in [0, 0.1) is 0 Å². The number of benzene rings is 1. The molecule has 0 saturated carbocycles. The molecule has 0 saturated heterocycles. The SMILES string of the molecule is CC(C(=O)c1ccc(N)cc1Cl)S(C)(=O)=O. The second kappa shape index (κ2) is 4.43. The number of ketones is 1. The largest absolute Gasteiger partial charge is 0.399 e. The van der Waals surface area contributed by atoms with E-state index < -0.39 is 20.9 Å². The minimum atomic E-state index is -3.42. The molecule has 1 unspecified atom stereocenters. The molecule has 0 heterocycles. The average molecular weight is 262 g/mol. The van der Waals surface area contributed by atoms with E-state index in [9.17, 15) is 13.2 Å². The normalized spacial score (nSPS) is 13.4. The number of nitrogen functional groups attached to an aromatic ring is 1. The zero-order chi connectivity index (χ0) is 12.5. The number of carbonyl (C=O) groups excluding carboxylic acids is 1. The van der Waals surface area contributed by atoms with E-state index in [1.165, 1.54) is 25.1 Å². The molecule has 1 aromatic carbocycles. The van der Waals surface area contributed by atoms with Crippen LogP contribution in [0.3, 0.4) is 0 Å². The molecule has 6 heteroatoms. The molecular formula is C10H12ClNO3S. The lowest BCUT2D eigenvalue weighted by Crippen LogP contribution is -2.26. The molecule has 0 aliphatic rings. The highest BCUT2D eigenvalue weighted by Gasteiger charge is 2.26. The Morgan fingerprint density at radius 2 is 2.00 bits per heavy atom. The van der Waals surface area contributed by atoms with E-state index in [0.717, 1.165) is 6.26 Å². The zero-order valence-electron chi connectivity index (χ0n) is 8.90. The third-order valence-electron chi connectivity index (χ3n) is 2.27. The molecule has 1 atom stereocenters. The third kappa shape index (κ3) is 2.74. The van der Waals surface area contributed by atoms with Crippen LogP contribution in [0.1, 0.15) is 17.3 Å². The van der Waals surface area contributed by atoms with Crippen LogP contribution in [0.15, 0.2) is 18.2 Å². The highest BCUT2D eigenvalue weighted by Crippen LogP contribution is 2.21. The van der Waals surface area contributed by atoms with Crippen molar-refractivity contribution in [1.82, 2.24) is 0 Å². The highest BCUT2D eigenvalue weighted by molar-refractivity contribution is 7.92. The predicted molar refractivity (Wildman–Crippen MR) is 64.5 cm³/mol. The number of sulfone groups is 1. The van der Waals surface area contributed by atoms with Gasteiger partial charge in [-0.2, -0.15) is 0 Å². The second-order valence-corrected chi connectivity index (χ2v) is 6.35. The summed E-state index contributed by atoms with van der Waals surface area (Å²) in [5.74, 6) is -0.521. The monoisotopic (exact) mass is 261 g/mol. The van der Waals surface area contributed by atoms with Crippen molar-refractivity contribution in [3.05, 3.63) is 28.8 Å². The van der Waals surface area contributed by atoms with Crippen LogP contribution in [0.25, 0.3) is 0 Å². The standard InChI is InChI=1S/C10H12ClNO3S/c1-6(16(2,14)15)10(13)8-4-3-7(12)5-9(8)11/h3-6H,12H2,1-2H3. The Kier molecular flexibility index (Phi) is 3.60. The molecule has 0 bridgehead atoms. The molecule has 0 aliphatic carbocycles. The molecule has 1 aromatic rings. The first-order chi connectivity index (χ1) is 7.23. The number of hydrogen-bond donors (Lipinski definition) is 1. The summed E-state index contributed by atoms with van der Waals surface area (Å²) in [5.41, 5.74) is 6.07. The summed E-state index contributed by atoms with van der Waals surface area (Å²) in [5, 5.41) is -0.936. The number of nitrogens with two attached hydrogens (primary N) is 1. The van der Waals surface area contributed by atoms with Gasteiger partial charge < -0.3 is 5.73 Å². The van der Waals surface area contributed by atoms with E-state index in [0.29, 0.717) is 5.69 Å². The van der Waals surface area contributed by atoms with Gasteiger partial charge in [-0.25, -0.2) is 8.42 Å². The van der Waals surface area contributed by atoms with Gasteiger partial charge in [-0.3, -0.25) is 4.79 Å². The molecule has 0 radical (unpaired) electrons. The van der Waals surface area contributed by atoms with Gasteiger partial charge in [0.2, 0.25) is 0 Å². The molecule has 0 spiro atoms. The molecule has 2 N–H and O–H groups in total. The maximum absolute atomic E-state index is 11.8. The lowest BCUT2D eigenvalue weighted by atomic mass is 10.1. The van der Waals surface area contributed by atoms with E-state index in [2.05, 4.69) is 0 Å². The molecule has 4 nitrogen and oxygen atoms in total. The molecule has 16 heavy (non-hydrogen) atoms. The van der Waals surface area contributed by atoms with Crippen LogP contribution in [-0.2, 0) is 9.84 Å². The predicted octanol–water partition coefficient (Wildman–Crippen LogP) is 1.54. The fourth-order valence-corrected chi connectivity index (χ4v) is 1.94. The Morgan fingerprint density at radius 1 is 1.44 bits per heavy atom. The van der Waals surface area contributed by atoms with Crippen LogP contribution in [-0.4, -0.2) is 25.7 Å². The van der Waals surface area contributed by atoms with Gasteiger partial charge in [0.1, 0.15) is 5.25 Å². The van der Waals surface area contributed by atoms with Crippen LogP contribution >= 0.6 is 11.6 Å². The van der Waals surface area contributed by atoms with E-state index in [1.807, 2.05) is 0 Å². The van der Waals surface area contributed by atoms with Gasteiger partial charge in [0, 0.05) is 17.5 Å². The van der Waals surface area contributed by atoms with Crippen molar-refractivity contribution in [1.29, 1.82) is 0 Å². The van der Waals surface area contributed by atoms with E-state index in [-0.39, 0.29) is 10.6 Å². The molecule has 1 rings (SSSR count). The topological polar surface area (TPSA) is 77.2 Å². The smallest absolute Gasteiger partial charge is 0.182 e. The minimum absolute atomic E-state index is 0.167. The van der Waals surface area contributed by atoms with Crippen molar-refractivity contribution in [3.8, 4) is 0 Å². The summed E-state index contributed by atoms with van der Waals surface area (Å²) < 4.78 is 22.5. The van der Waals surface area contributed by atoms with Crippen molar-refractivity contribution < 1.29 is 13.2 Å². The summed E-state index contributed by atoms with van der Waals surface area (Å²) in [6.07, 6.45) is 1.01. The first-order valence-corrected chi connectivity index (χ1v) is 6.85. The summed E-state index contributed by atoms with van der Waals surface area (Å²) in [6.45, 7) is 1.34. The Hall–Kier alpha value is -1.07. The Bertz CT molecular complexity index is 525. The van der Waals surface area contributed by atoms with Crippen molar-refractivity contribution in [2.24, 2.45) is 0 Å². The van der Waals surface area contributed by atoms with Gasteiger partial charge >= 0.3 is 0 Å². The van der Waals surface area contributed by atoms with Gasteiger partial charge in [-0.1, -0.05) is 11.6 Å². The Morgan fingerprint density at radius 3 is 2.44 bits per heavy atom. The third-order valence-corrected chi connectivity index (χ3v) is 4.08. The molecule has 0 aromatic heterocycles. The van der Waals surface area contributed by atoms with E-state index in [4.69, 9.17) is 17.3 Å². The lowest BCUT2D eigenvalue weighted by Gasteiger charge is -2.09. The van der Waals surface area contributed by atoms with Crippen LogP contribution in [0.4, 0.5) is 5.69 Å². The maximum Gasteiger partial charge on any atom is 0.182 e. The van der Waals surface area contributed by atoms with Gasteiger partial charge in [0.05, 0.1) is 5.02 Å². The summed E-state index contributed by atoms with van der Waals surface area (Å²) in [4.78, 5) is 11.8. The molecule has 0 fully saturated rings. The second-order valence-electron chi connectivity index (χ2n) is 3.58. The van der Waals surface area contributed by atoms with Gasteiger partial charge in [0.15, 0.2) is 15.6 Å². The fraction of sp³-hybridized carbons (Fsp3) is 0.300. The minimum Gasteiger partial charge on any atom is -0.399 e. The van der Waals surface area contributed by atoms with Crippen molar-refractivity contribution in [3.63, 3.8) is 0 Å². The van der Waals surface area contributed by atoms with Crippen LogP contribution in [0.5, 0.6) is 0 Å². The van der Waals surface area contributed by atoms with Crippen molar-refractivity contribution in [2.75, 3.05) is 12.0 Å². The van der Waals surface area contributed by atoms with Gasteiger partial charge in [0.25, 0.3) is 0 Å². The van der Waals surface area contributed by atoms with Gasteiger partial charge in [-0.05, 0) is 25.1 Å². The first-order valence-electron chi connectivity index (χ1n) is 4.51. The highest BCUT2D eigenvalue weighted by atomic mass is 35.5. The quantitative estimate of drug-likeness (QED) is 0.661. The maximum atomic E-state index is 11.8. The first kappa shape index (κ1) is 13.0. The van der Waals surface area contributed by atoms with E-state index >= 15 is 0 Å². The zero-order valence-corrected chi connectivity index (χ0v) is 10.5. The molecule has 0 amide bonds. The average Bonchev–Trinajstić information content (AvgIpc) is 2.14. The summed E-state index contributed by atoms with van der Waals surface area (Å²) >= 11 is 5.82. The molecular weight excluding hydrogens is 250 g/mol. The number of rotatable bonds is 3. The number of carbonyl (C=O) groups is 1. The summed E-state index contributed by atoms with van der Waals surface area (Å²) in [6, 6.07) is 4.36. The molecule has 0 aliphatic heterocycles. The van der Waals surface area contributed by atoms with E-state index in [1.54, 1.807) is 0 Å². The Balaban J connectivity index is 3.16. The van der Waals surface area contributed by atoms with Crippen molar-refractivity contribution in [2.45, 2.75) is 12.2 Å². The van der Waals surface area contributed by atoms with Crippen LogP contribution in [0.2, 0.25) is 5.02 Å². The van der Waals surface area contributed by atoms with Gasteiger partial charge in [-0.15, -0.1) is 0 Å². The Labute approximate surface area is 99.3 Å².